The monoisotopic (exact) mass is 659 g/mol. The SMILES string of the molecule is Cc1ccc(C(=O)O[C@@H]2[C@@H](OC(=O)c3ccc(C)cc3)[C@H](OCCCCCCN=[N+]=[N-])O[C@H](CO)[C@H]2OC(=O)c2ccc(C)cc2)cc1. The minimum absolute atomic E-state index is 0.176. The Morgan fingerprint density at radius 2 is 1.12 bits per heavy atom. The third-order valence-electron chi connectivity index (χ3n) is 7.86. The molecule has 1 aliphatic rings. The van der Waals surface area contributed by atoms with Gasteiger partial charge in [-0.05, 0) is 75.5 Å². The van der Waals surface area contributed by atoms with Gasteiger partial charge in [0.15, 0.2) is 24.6 Å². The van der Waals surface area contributed by atoms with Gasteiger partial charge in [-0.3, -0.25) is 0 Å². The molecule has 4 rings (SSSR count). The van der Waals surface area contributed by atoms with Crippen LogP contribution in [-0.4, -0.2) is 73.5 Å². The van der Waals surface area contributed by atoms with Gasteiger partial charge in [-0.15, -0.1) is 0 Å². The summed E-state index contributed by atoms with van der Waals surface area (Å²) in [7, 11) is 0. The number of aliphatic hydroxyl groups is 1. The number of ether oxygens (including phenoxy) is 5. The van der Waals surface area contributed by atoms with Gasteiger partial charge in [0, 0.05) is 18.1 Å². The maximum Gasteiger partial charge on any atom is 0.338 e. The first-order valence-corrected chi connectivity index (χ1v) is 15.9. The van der Waals surface area contributed by atoms with E-state index in [2.05, 4.69) is 10.0 Å². The van der Waals surface area contributed by atoms with Crippen molar-refractivity contribution in [1.82, 2.24) is 0 Å². The van der Waals surface area contributed by atoms with Crippen molar-refractivity contribution in [3.8, 4) is 0 Å². The van der Waals surface area contributed by atoms with Gasteiger partial charge in [0.05, 0.1) is 23.3 Å². The van der Waals surface area contributed by atoms with Gasteiger partial charge in [0.1, 0.15) is 6.10 Å². The number of carbonyl (C=O) groups excluding carboxylic acids is 3. The van der Waals surface area contributed by atoms with Gasteiger partial charge in [0.25, 0.3) is 0 Å². The second kappa shape index (κ2) is 18.0. The number of hydrogen-bond donors (Lipinski definition) is 1. The summed E-state index contributed by atoms with van der Waals surface area (Å²) in [6.07, 6.45) is -3.81. The quantitative estimate of drug-likeness (QED) is 0.0499. The van der Waals surface area contributed by atoms with Crippen molar-refractivity contribution in [1.29, 1.82) is 0 Å². The Bertz CT molecular complexity index is 1560. The van der Waals surface area contributed by atoms with E-state index in [0.29, 0.717) is 13.0 Å². The van der Waals surface area contributed by atoms with Crippen molar-refractivity contribution in [3.05, 3.63) is 117 Å². The molecule has 12 nitrogen and oxygen atoms in total. The lowest BCUT2D eigenvalue weighted by molar-refractivity contribution is -0.298. The average Bonchev–Trinajstić information content (AvgIpc) is 3.08. The van der Waals surface area contributed by atoms with Gasteiger partial charge >= 0.3 is 17.9 Å². The summed E-state index contributed by atoms with van der Waals surface area (Å²) in [4.78, 5) is 43.1. The van der Waals surface area contributed by atoms with Crippen molar-refractivity contribution in [2.45, 2.75) is 77.2 Å². The van der Waals surface area contributed by atoms with E-state index in [-0.39, 0.29) is 23.3 Å². The number of rotatable bonds is 15. The van der Waals surface area contributed by atoms with E-state index >= 15 is 0 Å². The van der Waals surface area contributed by atoms with E-state index in [1.54, 1.807) is 72.8 Å². The molecule has 0 spiro atoms. The molecule has 0 bridgehead atoms. The predicted molar refractivity (Wildman–Crippen MR) is 175 cm³/mol. The van der Waals surface area contributed by atoms with E-state index in [9.17, 15) is 19.5 Å². The molecule has 5 atom stereocenters. The smallest absolute Gasteiger partial charge is 0.338 e. The summed E-state index contributed by atoms with van der Waals surface area (Å²) < 4.78 is 30.0. The van der Waals surface area contributed by atoms with E-state index in [1.165, 1.54) is 0 Å². The summed E-state index contributed by atoms with van der Waals surface area (Å²) >= 11 is 0. The number of carbonyl (C=O) groups is 3. The van der Waals surface area contributed by atoms with Crippen LogP contribution in [0.2, 0.25) is 0 Å². The van der Waals surface area contributed by atoms with Gasteiger partial charge in [-0.1, -0.05) is 71.0 Å². The standard InChI is InChI=1S/C36H41N3O9/c1-23-8-14-26(15-9-23)33(41)46-30-29(22-40)45-36(44-21-7-5-4-6-20-38-39-37)32(48-35(43)28-18-12-25(3)13-19-28)31(30)47-34(42)27-16-10-24(2)11-17-27/h8-19,29-32,36,40H,4-7,20-22H2,1-3H3/t29-,30-,31+,32-,36-/m1/s1. The van der Waals surface area contributed by atoms with Crippen LogP contribution >= 0.6 is 0 Å². The van der Waals surface area contributed by atoms with Gasteiger partial charge in [0.2, 0.25) is 0 Å². The molecule has 1 N–H and O–H groups in total. The van der Waals surface area contributed by atoms with Crippen LogP contribution in [0.25, 0.3) is 10.4 Å². The molecule has 3 aromatic carbocycles. The molecule has 0 radical (unpaired) electrons. The number of esters is 3. The molecule has 1 fully saturated rings. The van der Waals surface area contributed by atoms with Crippen molar-refractivity contribution in [2.75, 3.05) is 19.8 Å². The Kier molecular flexibility index (Phi) is 13.5. The molecule has 3 aromatic rings. The highest BCUT2D eigenvalue weighted by atomic mass is 16.7. The Morgan fingerprint density at radius 3 is 1.58 bits per heavy atom. The number of hydrogen-bond acceptors (Lipinski definition) is 10. The normalized spacial score (nSPS) is 20.3. The van der Waals surface area contributed by atoms with Crippen LogP contribution in [0.3, 0.4) is 0 Å². The van der Waals surface area contributed by atoms with Crippen LogP contribution in [0.15, 0.2) is 77.9 Å². The van der Waals surface area contributed by atoms with Crippen LogP contribution in [0, 0.1) is 20.8 Å². The molecule has 0 saturated carbocycles. The molecule has 0 unspecified atom stereocenters. The van der Waals surface area contributed by atoms with Crippen molar-refractivity contribution < 1.29 is 43.2 Å². The summed E-state index contributed by atoms with van der Waals surface area (Å²) in [6, 6.07) is 20.1. The molecule has 0 aliphatic carbocycles. The minimum Gasteiger partial charge on any atom is -0.452 e. The highest BCUT2D eigenvalue weighted by Gasteiger charge is 2.53. The first kappa shape index (κ1) is 36.1. The fourth-order valence-electron chi connectivity index (χ4n) is 5.09. The van der Waals surface area contributed by atoms with Crippen LogP contribution < -0.4 is 0 Å². The van der Waals surface area contributed by atoms with Crippen molar-refractivity contribution in [3.63, 3.8) is 0 Å². The number of azide groups is 1. The Hall–Kier alpha value is -4.74. The molecular weight excluding hydrogens is 618 g/mol. The first-order chi connectivity index (χ1) is 23.2. The van der Waals surface area contributed by atoms with E-state index in [4.69, 9.17) is 29.2 Å². The molecule has 254 valence electrons. The third kappa shape index (κ3) is 10.1. The van der Waals surface area contributed by atoms with Crippen LogP contribution in [0.4, 0.5) is 0 Å². The second-order valence-electron chi connectivity index (χ2n) is 11.7. The zero-order valence-corrected chi connectivity index (χ0v) is 27.3. The molecular formula is C36H41N3O9. The molecule has 1 aliphatic heterocycles. The Labute approximate surface area is 279 Å². The highest BCUT2D eigenvalue weighted by Crippen LogP contribution is 2.31. The number of aryl methyl sites for hydroxylation is 3. The Morgan fingerprint density at radius 1 is 0.688 bits per heavy atom. The van der Waals surface area contributed by atoms with E-state index in [0.717, 1.165) is 36.0 Å². The van der Waals surface area contributed by atoms with Gasteiger partial charge in [-0.2, -0.15) is 0 Å². The zero-order chi connectivity index (χ0) is 34.5. The highest BCUT2D eigenvalue weighted by molar-refractivity contribution is 5.91. The van der Waals surface area contributed by atoms with E-state index < -0.39 is 55.2 Å². The molecule has 1 heterocycles. The van der Waals surface area contributed by atoms with Crippen LogP contribution in [-0.2, 0) is 23.7 Å². The molecule has 1 saturated heterocycles. The maximum absolute atomic E-state index is 13.5. The van der Waals surface area contributed by atoms with Gasteiger partial charge in [-0.25, -0.2) is 14.4 Å². The number of aliphatic hydroxyl groups excluding tert-OH is 1. The first-order valence-electron chi connectivity index (χ1n) is 15.9. The van der Waals surface area contributed by atoms with Crippen molar-refractivity contribution in [2.24, 2.45) is 5.11 Å². The Balaban J connectivity index is 1.65. The maximum atomic E-state index is 13.5. The lowest BCUT2D eigenvalue weighted by Crippen LogP contribution is -2.63. The predicted octanol–water partition coefficient (Wildman–Crippen LogP) is 6.19. The fourth-order valence-corrected chi connectivity index (χ4v) is 5.09. The lowest BCUT2D eigenvalue weighted by atomic mass is 9.97. The van der Waals surface area contributed by atoms with Gasteiger partial charge < -0.3 is 28.8 Å². The zero-order valence-electron chi connectivity index (χ0n) is 27.3. The average molecular weight is 660 g/mol. The van der Waals surface area contributed by atoms with Crippen LogP contribution in [0.1, 0.15) is 73.4 Å². The summed E-state index contributed by atoms with van der Waals surface area (Å²) in [5.74, 6) is -2.25. The van der Waals surface area contributed by atoms with E-state index in [1.807, 2.05) is 20.8 Å². The number of nitrogens with zero attached hydrogens (tertiary/aromatic N) is 3. The minimum atomic E-state index is -1.43. The fraction of sp³-hybridized carbons (Fsp3) is 0.417. The molecule has 0 aromatic heterocycles. The largest absolute Gasteiger partial charge is 0.452 e. The molecule has 0 amide bonds. The summed E-state index contributed by atoms with van der Waals surface area (Å²) in [5.41, 5.74) is 12.0. The van der Waals surface area contributed by atoms with Crippen molar-refractivity contribution >= 4 is 17.9 Å². The molecule has 48 heavy (non-hydrogen) atoms. The molecule has 12 heteroatoms. The summed E-state index contributed by atoms with van der Waals surface area (Å²) in [5, 5.41) is 14.0. The number of benzene rings is 3. The lowest BCUT2D eigenvalue weighted by Gasteiger charge is -2.44. The van der Waals surface area contributed by atoms with Crippen LogP contribution in [0.5, 0.6) is 0 Å². The second-order valence-corrected chi connectivity index (χ2v) is 11.7. The summed E-state index contributed by atoms with van der Waals surface area (Å²) in [6.45, 7) is 5.59. The third-order valence-corrected chi connectivity index (χ3v) is 7.86. The number of unbranched alkanes of at least 4 members (excludes halogenated alkanes) is 3. The topological polar surface area (TPSA) is 166 Å².